The number of hydrogen-bond donors (Lipinski definition) is 1. The molecule has 1 N–H and O–H groups in total. The summed E-state index contributed by atoms with van der Waals surface area (Å²) in [6, 6.07) is 5.48. The number of carbonyl (C=O) groups is 1. The Morgan fingerprint density at radius 1 is 1.28 bits per heavy atom. The molecule has 4 rings (SSSR count). The van der Waals surface area contributed by atoms with Crippen LogP contribution in [-0.2, 0) is 4.79 Å². The average molecular weight is 346 g/mol. The van der Waals surface area contributed by atoms with E-state index in [4.69, 9.17) is 0 Å². The first kappa shape index (κ1) is 17.0. The van der Waals surface area contributed by atoms with Gasteiger partial charge in [-0.3, -0.25) is 9.69 Å². The van der Waals surface area contributed by atoms with Crippen LogP contribution in [0, 0.1) is 18.7 Å². The molecule has 3 aliphatic rings. The van der Waals surface area contributed by atoms with E-state index in [9.17, 15) is 14.3 Å². The Hall–Kier alpha value is -1.46. The zero-order valence-electron chi connectivity index (χ0n) is 14.8. The van der Waals surface area contributed by atoms with Crippen LogP contribution in [0.2, 0.25) is 0 Å². The van der Waals surface area contributed by atoms with Gasteiger partial charge in [0, 0.05) is 38.1 Å². The highest BCUT2D eigenvalue weighted by Crippen LogP contribution is 2.39. The first-order chi connectivity index (χ1) is 12.0. The van der Waals surface area contributed by atoms with Gasteiger partial charge in [-0.05, 0) is 61.8 Å². The van der Waals surface area contributed by atoms with Crippen LogP contribution in [0.1, 0.15) is 49.3 Å². The third kappa shape index (κ3) is 3.44. The van der Waals surface area contributed by atoms with Gasteiger partial charge in [0.05, 0.1) is 6.10 Å². The molecule has 1 aromatic rings. The highest BCUT2D eigenvalue weighted by molar-refractivity contribution is 5.78. The van der Waals surface area contributed by atoms with Crippen molar-refractivity contribution in [3.8, 4) is 0 Å². The molecule has 4 nitrogen and oxygen atoms in total. The number of likely N-dealkylation sites (tertiary alicyclic amines) is 2. The molecule has 2 saturated heterocycles. The minimum absolute atomic E-state index is 0.263. The smallest absolute Gasteiger partial charge is 0.223 e. The van der Waals surface area contributed by atoms with Crippen molar-refractivity contribution in [3.05, 3.63) is 35.1 Å². The van der Waals surface area contributed by atoms with Crippen LogP contribution in [0.15, 0.2) is 18.2 Å². The Bertz CT molecular complexity index is 661. The van der Waals surface area contributed by atoms with Crippen LogP contribution in [0.25, 0.3) is 0 Å². The average Bonchev–Trinajstić information content (AvgIpc) is 3.39. The lowest BCUT2D eigenvalue weighted by Gasteiger charge is -2.47. The summed E-state index contributed by atoms with van der Waals surface area (Å²) in [4.78, 5) is 16.8. The molecular weight excluding hydrogens is 319 g/mol. The van der Waals surface area contributed by atoms with Crippen LogP contribution >= 0.6 is 0 Å². The molecule has 1 aliphatic carbocycles. The number of hydrogen-bond acceptors (Lipinski definition) is 3. The molecule has 0 aromatic heterocycles. The van der Waals surface area contributed by atoms with E-state index >= 15 is 0 Å². The number of fused-ring (bicyclic) bond motifs is 1. The van der Waals surface area contributed by atoms with E-state index in [1.54, 1.807) is 6.07 Å². The fraction of sp³-hybridized carbons (Fsp3) is 0.650. The first-order valence-corrected chi connectivity index (χ1v) is 9.50. The van der Waals surface area contributed by atoms with Crippen LogP contribution in [0.3, 0.4) is 0 Å². The molecule has 0 bridgehead atoms. The summed E-state index contributed by atoms with van der Waals surface area (Å²) < 4.78 is 13.3. The largest absolute Gasteiger partial charge is 0.387 e. The number of aryl methyl sites for hydroxylation is 1. The molecule has 1 saturated carbocycles. The second-order valence-corrected chi connectivity index (χ2v) is 7.96. The summed E-state index contributed by atoms with van der Waals surface area (Å²) in [5.74, 6) is 0.606. The highest BCUT2D eigenvalue weighted by atomic mass is 19.1. The third-order valence-corrected chi connectivity index (χ3v) is 6.11. The van der Waals surface area contributed by atoms with Crippen molar-refractivity contribution in [1.82, 2.24) is 9.80 Å². The number of benzene rings is 1. The Balaban J connectivity index is 1.40. The number of piperidine rings is 2. The second kappa shape index (κ2) is 6.69. The summed E-state index contributed by atoms with van der Waals surface area (Å²) in [5.41, 5.74) is 1.60. The molecule has 5 heteroatoms. The first-order valence-electron chi connectivity index (χ1n) is 9.50. The molecule has 3 atom stereocenters. The Morgan fingerprint density at radius 3 is 2.80 bits per heavy atom. The lowest BCUT2D eigenvalue weighted by Crippen LogP contribution is -2.57. The minimum atomic E-state index is -0.595. The van der Waals surface area contributed by atoms with Gasteiger partial charge >= 0.3 is 0 Å². The summed E-state index contributed by atoms with van der Waals surface area (Å²) in [5, 5.41) is 10.6. The monoisotopic (exact) mass is 346 g/mol. The molecule has 136 valence electrons. The van der Waals surface area contributed by atoms with E-state index < -0.39 is 6.10 Å². The van der Waals surface area contributed by atoms with Crippen LogP contribution in [0.4, 0.5) is 4.39 Å². The summed E-state index contributed by atoms with van der Waals surface area (Å²) >= 11 is 0. The fourth-order valence-corrected chi connectivity index (χ4v) is 4.72. The Labute approximate surface area is 148 Å². The van der Waals surface area contributed by atoms with Gasteiger partial charge in [-0.25, -0.2) is 4.39 Å². The van der Waals surface area contributed by atoms with Gasteiger partial charge < -0.3 is 10.0 Å². The Kier molecular flexibility index (Phi) is 4.54. The number of aliphatic hydroxyl groups is 1. The quantitative estimate of drug-likeness (QED) is 0.911. The number of rotatable bonds is 4. The number of β-amino-alcohol motifs (C(OH)–C–C–N with tert-alkyl or cyclic N) is 1. The van der Waals surface area contributed by atoms with Crippen molar-refractivity contribution in [2.75, 3.05) is 19.6 Å². The second-order valence-electron chi connectivity index (χ2n) is 7.96. The van der Waals surface area contributed by atoms with Gasteiger partial charge in [0.1, 0.15) is 5.82 Å². The van der Waals surface area contributed by atoms with Gasteiger partial charge in [0.2, 0.25) is 5.91 Å². The van der Waals surface area contributed by atoms with Crippen molar-refractivity contribution in [2.24, 2.45) is 5.92 Å². The van der Waals surface area contributed by atoms with E-state index in [0.717, 1.165) is 37.1 Å². The molecule has 2 heterocycles. The maximum atomic E-state index is 13.3. The topological polar surface area (TPSA) is 43.8 Å². The zero-order chi connectivity index (χ0) is 17.6. The summed E-state index contributed by atoms with van der Waals surface area (Å²) in [6.07, 6.45) is 4.38. The predicted molar refractivity (Wildman–Crippen MR) is 93.5 cm³/mol. The number of amides is 1. The zero-order valence-corrected chi connectivity index (χ0v) is 14.8. The predicted octanol–water partition coefficient (Wildman–Crippen LogP) is 2.64. The fourth-order valence-electron chi connectivity index (χ4n) is 4.72. The van der Waals surface area contributed by atoms with Crippen molar-refractivity contribution in [2.45, 2.75) is 57.2 Å². The van der Waals surface area contributed by atoms with Crippen LogP contribution in [0.5, 0.6) is 0 Å². The standard InChI is InChI=1S/C20H27FN2O2/c1-13-10-15(21)3-6-17(13)19(24)12-22-9-8-18-14(11-22)2-7-20(25)23(18)16-4-5-16/h3,6,10,14,16,18-19,24H,2,4-5,7-9,11-12H2,1H3. The highest BCUT2D eigenvalue weighted by Gasteiger charge is 2.45. The van der Waals surface area contributed by atoms with E-state index in [2.05, 4.69) is 9.80 Å². The molecule has 25 heavy (non-hydrogen) atoms. The number of halogens is 1. The van der Waals surface area contributed by atoms with Gasteiger partial charge in [-0.2, -0.15) is 0 Å². The SMILES string of the molecule is Cc1cc(F)ccc1C(O)CN1CCC2C(CCC(=O)N2C2CC2)C1. The molecule has 0 radical (unpaired) electrons. The molecule has 1 aromatic carbocycles. The lowest BCUT2D eigenvalue weighted by molar-refractivity contribution is -0.142. The van der Waals surface area contributed by atoms with Gasteiger partial charge in [0.25, 0.3) is 0 Å². The molecule has 1 amide bonds. The molecule has 2 aliphatic heterocycles. The third-order valence-electron chi connectivity index (χ3n) is 6.11. The minimum Gasteiger partial charge on any atom is -0.387 e. The van der Waals surface area contributed by atoms with Gasteiger partial charge in [-0.1, -0.05) is 6.07 Å². The maximum absolute atomic E-state index is 13.3. The Morgan fingerprint density at radius 2 is 2.08 bits per heavy atom. The van der Waals surface area contributed by atoms with Crippen LogP contribution in [-0.4, -0.2) is 52.5 Å². The molecular formula is C20H27FN2O2. The van der Waals surface area contributed by atoms with Gasteiger partial charge in [-0.15, -0.1) is 0 Å². The van der Waals surface area contributed by atoms with E-state index in [0.29, 0.717) is 36.9 Å². The van der Waals surface area contributed by atoms with Crippen LogP contribution < -0.4 is 0 Å². The van der Waals surface area contributed by atoms with Crippen molar-refractivity contribution < 1.29 is 14.3 Å². The number of carbonyl (C=O) groups excluding carboxylic acids is 1. The van der Waals surface area contributed by atoms with E-state index in [-0.39, 0.29) is 5.82 Å². The normalized spacial score (nSPS) is 28.8. The molecule has 0 spiro atoms. The van der Waals surface area contributed by atoms with E-state index in [1.165, 1.54) is 25.0 Å². The van der Waals surface area contributed by atoms with Crippen molar-refractivity contribution in [3.63, 3.8) is 0 Å². The number of nitrogens with zero attached hydrogens (tertiary/aromatic N) is 2. The van der Waals surface area contributed by atoms with Gasteiger partial charge in [0.15, 0.2) is 0 Å². The van der Waals surface area contributed by atoms with Crippen molar-refractivity contribution in [1.29, 1.82) is 0 Å². The molecule has 3 unspecified atom stereocenters. The summed E-state index contributed by atoms with van der Waals surface area (Å²) in [6.45, 7) is 4.27. The number of aliphatic hydroxyl groups excluding tert-OH is 1. The lowest BCUT2D eigenvalue weighted by atomic mass is 9.83. The van der Waals surface area contributed by atoms with E-state index in [1.807, 2.05) is 6.92 Å². The van der Waals surface area contributed by atoms with Crippen molar-refractivity contribution >= 4 is 5.91 Å². The maximum Gasteiger partial charge on any atom is 0.223 e. The summed E-state index contributed by atoms with van der Waals surface area (Å²) in [7, 11) is 0. The molecule has 3 fully saturated rings.